The third kappa shape index (κ3) is 4.92. The van der Waals surface area contributed by atoms with Gasteiger partial charge in [0.25, 0.3) is 0 Å². The summed E-state index contributed by atoms with van der Waals surface area (Å²) >= 11 is 1.50. The predicted octanol–water partition coefficient (Wildman–Crippen LogP) is 1.48. The number of hydrogen-bond acceptors (Lipinski definition) is 6. The molecule has 0 aliphatic carbocycles. The molecule has 2 rings (SSSR count). The van der Waals surface area contributed by atoms with E-state index in [2.05, 4.69) is 15.5 Å². The van der Waals surface area contributed by atoms with Crippen molar-refractivity contribution < 1.29 is 14.6 Å². The van der Waals surface area contributed by atoms with Crippen molar-refractivity contribution in [3.05, 3.63) is 35.9 Å². The second kappa shape index (κ2) is 7.44. The van der Waals surface area contributed by atoms with Crippen LogP contribution >= 0.6 is 11.8 Å². The van der Waals surface area contributed by atoms with Gasteiger partial charge >= 0.3 is 5.97 Å². The van der Waals surface area contributed by atoms with Crippen LogP contribution in [0.4, 0.5) is 0 Å². The highest BCUT2D eigenvalue weighted by Gasteiger charge is 2.02. The molecule has 1 aromatic carbocycles. The number of aromatic nitrogens is 4. The van der Waals surface area contributed by atoms with Crippen molar-refractivity contribution in [1.29, 1.82) is 0 Å². The Hall–Kier alpha value is -2.35. The molecule has 8 heteroatoms. The maximum atomic E-state index is 10.5. The highest BCUT2D eigenvalue weighted by molar-refractivity contribution is 7.99. The number of carboxylic acids is 1. The summed E-state index contributed by atoms with van der Waals surface area (Å²) in [5.41, 5.74) is 0.778. The Bertz CT molecular complexity index is 642. The molecule has 21 heavy (non-hydrogen) atoms. The fourth-order valence-corrected chi connectivity index (χ4v) is 2.18. The van der Waals surface area contributed by atoms with Crippen LogP contribution in [0.3, 0.4) is 0 Å². The van der Waals surface area contributed by atoms with Gasteiger partial charge in [-0.05, 0) is 34.2 Å². The first-order valence-electron chi connectivity index (χ1n) is 6.14. The number of aliphatic carboxylic acids is 1. The zero-order chi connectivity index (χ0) is 15.1. The Labute approximate surface area is 125 Å². The molecule has 0 spiro atoms. The minimum atomic E-state index is -0.977. The quantitative estimate of drug-likeness (QED) is 0.470. The topological polar surface area (TPSA) is 90.1 Å². The monoisotopic (exact) mass is 306 g/mol. The van der Waals surface area contributed by atoms with Gasteiger partial charge in [0.1, 0.15) is 5.75 Å². The van der Waals surface area contributed by atoms with Gasteiger partial charge in [-0.15, -0.1) is 5.10 Å². The van der Waals surface area contributed by atoms with Crippen LogP contribution < -0.4 is 4.74 Å². The number of carboxylic acid groups (broad SMARTS) is 1. The Kier molecular flexibility index (Phi) is 5.33. The molecule has 7 nitrogen and oxygen atoms in total. The van der Waals surface area contributed by atoms with Crippen molar-refractivity contribution in [3.63, 3.8) is 0 Å². The predicted molar refractivity (Wildman–Crippen MR) is 78.1 cm³/mol. The van der Waals surface area contributed by atoms with Gasteiger partial charge in [-0.1, -0.05) is 23.9 Å². The molecule has 0 amide bonds. The summed E-state index contributed by atoms with van der Waals surface area (Å²) in [6.45, 7) is 0.504. The first kappa shape index (κ1) is 15.0. The van der Waals surface area contributed by atoms with Gasteiger partial charge in [0.15, 0.2) is 0 Å². The minimum Gasteiger partial charge on any atom is -0.493 e. The zero-order valence-electron chi connectivity index (χ0n) is 11.3. The first-order chi connectivity index (χ1) is 10.1. The summed E-state index contributed by atoms with van der Waals surface area (Å²) in [6, 6.07) is 7.24. The molecular formula is C13H14N4O3S. The number of hydrogen-bond donors (Lipinski definition) is 1. The summed E-state index contributed by atoms with van der Waals surface area (Å²) in [7, 11) is 1.78. The smallest absolute Gasteiger partial charge is 0.328 e. The second-order valence-electron chi connectivity index (χ2n) is 4.03. The Balaban J connectivity index is 1.82. The van der Waals surface area contributed by atoms with E-state index in [0.29, 0.717) is 18.1 Å². The SMILES string of the molecule is Cn1nnnc1SCCOc1cccc(C=CC(=O)O)c1. The third-order valence-corrected chi connectivity index (χ3v) is 3.42. The van der Waals surface area contributed by atoms with Crippen LogP contribution in [0.2, 0.25) is 0 Å². The number of carbonyl (C=O) groups is 1. The van der Waals surface area contributed by atoms with Gasteiger partial charge < -0.3 is 9.84 Å². The summed E-state index contributed by atoms with van der Waals surface area (Å²) < 4.78 is 7.21. The molecule has 1 N–H and O–H groups in total. The standard InChI is InChI=1S/C13H14N4O3S/c1-17-13(14-15-16-17)21-8-7-20-11-4-2-3-10(9-11)5-6-12(18)19/h2-6,9H,7-8H2,1H3,(H,18,19). The van der Waals surface area contributed by atoms with Crippen LogP contribution in [0.25, 0.3) is 6.08 Å². The van der Waals surface area contributed by atoms with Crippen LogP contribution in [-0.4, -0.2) is 43.6 Å². The molecule has 110 valence electrons. The van der Waals surface area contributed by atoms with Crippen LogP contribution in [-0.2, 0) is 11.8 Å². The number of benzene rings is 1. The third-order valence-electron chi connectivity index (χ3n) is 2.44. The fourth-order valence-electron chi connectivity index (χ4n) is 1.51. The first-order valence-corrected chi connectivity index (χ1v) is 7.13. The highest BCUT2D eigenvalue weighted by atomic mass is 32.2. The Morgan fingerprint density at radius 3 is 3.10 bits per heavy atom. The fraction of sp³-hybridized carbons (Fsp3) is 0.231. The largest absolute Gasteiger partial charge is 0.493 e. The van der Waals surface area contributed by atoms with E-state index in [-0.39, 0.29) is 0 Å². The van der Waals surface area contributed by atoms with Crippen LogP contribution in [0.15, 0.2) is 35.5 Å². The number of tetrazole rings is 1. The van der Waals surface area contributed by atoms with Crippen LogP contribution in [0.5, 0.6) is 5.75 Å². The molecule has 2 aromatic rings. The van der Waals surface area contributed by atoms with Crippen LogP contribution in [0.1, 0.15) is 5.56 Å². The van der Waals surface area contributed by atoms with Crippen molar-refractivity contribution in [2.45, 2.75) is 5.16 Å². The molecule has 1 heterocycles. The number of ether oxygens (including phenoxy) is 1. The molecule has 1 aromatic heterocycles. The molecule has 0 radical (unpaired) electrons. The van der Waals surface area contributed by atoms with E-state index in [4.69, 9.17) is 9.84 Å². The lowest BCUT2D eigenvalue weighted by atomic mass is 10.2. The summed E-state index contributed by atoms with van der Waals surface area (Å²) in [5, 5.41) is 20.5. The van der Waals surface area contributed by atoms with E-state index < -0.39 is 5.97 Å². The normalized spacial score (nSPS) is 10.9. The molecule has 0 aliphatic rings. The van der Waals surface area contributed by atoms with E-state index in [1.54, 1.807) is 17.8 Å². The molecule has 0 saturated heterocycles. The van der Waals surface area contributed by atoms with Crippen LogP contribution in [0, 0.1) is 0 Å². The minimum absolute atomic E-state index is 0.504. The van der Waals surface area contributed by atoms with Crippen molar-refractivity contribution >= 4 is 23.8 Å². The maximum absolute atomic E-state index is 10.5. The average molecular weight is 306 g/mol. The molecule has 0 aliphatic heterocycles. The lowest BCUT2D eigenvalue weighted by Crippen LogP contribution is -2.02. The Morgan fingerprint density at radius 2 is 2.38 bits per heavy atom. The van der Waals surface area contributed by atoms with Gasteiger partial charge in [-0.25, -0.2) is 9.48 Å². The second-order valence-corrected chi connectivity index (χ2v) is 5.09. The van der Waals surface area contributed by atoms with Crippen molar-refractivity contribution in [2.75, 3.05) is 12.4 Å². The van der Waals surface area contributed by atoms with E-state index >= 15 is 0 Å². The highest BCUT2D eigenvalue weighted by Crippen LogP contribution is 2.16. The summed E-state index contributed by atoms with van der Waals surface area (Å²) in [4.78, 5) is 10.5. The van der Waals surface area contributed by atoms with Crippen molar-refractivity contribution in [2.24, 2.45) is 7.05 Å². The molecule has 0 fully saturated rings. The lowest BCUT2D eigenvalue weighted by Gasteiger charge is -2.06. The number of nitrogens with zero attached hydrogens (tertiary/aromatic N) is 4. The van der Waals surface area contributed by atoms with E-state index in [1.807, 2.05) is 18.2 Å². The Morgan fingerprint density at radius 1 is 1.52 bits per heavy atom. The number of aryl methyl sites for hydroxylation is 1. The molecule has 0 bridgehead atoms. The zero-order valence-corrected chi connectivity index (χ0v) is 12.2. The van der Waals surface area contributed by atoms with E-state index in [9.17, 15) is 4.79 Å². The summed E-state index contributed by atoms with van der Waals surface area (Å²) in [6.07, 6.45) is 2.62. The molecule has 0 saturated carbocycles. The van der Waals surface area contributed by atoms with Gasteiger partial charge in [0.2, 0.25) is 5.16 Å². The number of thioether (sulfide) groups is 1. The molecule has 0 atom stereocenters. The van der Waals surface area contributed by atoms with Gasteiger partial charge in [0.05, 0.1) is 6.61 Å². The molecule has 0 unspecified atom stereocenters. The number of rotatable bonds is 7. The van der Waals surface area contributed by atoms with E-state index in [0.717, 1.165) is 16.8 Å². The van der Waals surface area contributed by atoms with Gasteiger partial charge in [-0.3, -0.25) is 0 Å². The lowest BCUT2D eigenvalue weighted by molar-refractivity contribution is -0.131. The van der Waals surface area contributed by atoms with Gasteiger partial charge in [-0.2, -0.15) is 0 Å². The van der Waals surface area contributed by atoms with Crippen molar-refractivity contribution in [1.82, 2.24) is 20.2 Å². The summed E-state index contributed by atoms with van der Waals surface area (Å²) in [5.74, 6) is 0.429. The van der Waals surface area contributed by atoms with Gasteiger partial charge in [0, 0.05) is 18.9 Å². The van der Waals surface area contributed by atoms with E-state index in [1.165, 1.54) is 17.8 Å². The van der Waals surface area contributed by atoms with Crippen molar-refractivity contribution in [3.8, 4) is 5.75 Å². The maximum Gasteiger partial charge on any atom is 0.328 e. The average Bonchev–Trinajstić information content (AvgIpc) is 2.87. The molecular weight excluding hydrogens is 292 g/mol.